The van der Waals surface area contributed by atoms with E-state index in [9.17, 15) is 4.79 Å². The molecule has 0 fully saturated rings. The lowest BCUT2D eigenvalue weighted by Gasteiger charge is -2.00. The first-order valence-electron chi connectivity index (χ1n) is 7.47. The second-order valence-corrected chi connectivity index (χ2v) is 5.82. The quantitative estimate of drug-likeness (QED) is 0.585. The van der Waals surface area contributed by atoms with E-state index in [-0.39, 0.29) is 18.3 Å². The number of nitrogens with zero attached hydrogens (tertiary/aromatic N) is 3. The van der Waals surface area contributed by atoms with E-state index < -0.39 is 0 Å². The fraction of sp³-hybridized carbons (Fsp3) is 0.0588. The summed E-state index contributed by atoms with van der Waals surface area (Å²) in [5, 5.41) is 12.1. The van der Waals surface area contributed by atoms with E-state index >= 15 is 0 Å². The zero-order valence-electron chi connectivity index (χ0n) is 12.9. The predicted octanol–water partition coefficient (Wildman–Crippen LogP) is 3.45. The molecule has 124 valence electrons. The normalized spacial score (nSPS) is 10.9. The lowest BCUT2D eigenvalue weighted by Crippen LogP contribution is -2.15. The van der Waals surface area contributed by atoms with E-state index in [4.69, 9.17) is 16.0 Å². The molecule has 0 aliphatic carbocycles. The number of carbonyl (C=O) groups is 1. The zero-order valence-corrected chi connectivity index (χ0v) is 13.6. The van der Waals surface area contributed by atoms with Gasteiger partial charge in [-0.3, -0.25) is 15.1 Å². The lowest BCUT2D eigenvalue weighted by molar-refractivity contribution is -0.115. The minimum atomic E-state index is -0.227. The molecule has 0 saturated carbocycles. The van der Waals surface area contributed by atoms with Gasteiger partial charge < -0.3 is 9.40 Å². The number of hydrogen-bond acceptors (Lipinski definition) is 5. The fourth-order valence-electron chi connectivity index (χ4n) is 2.50. The van der Waals surface area contributed by atoms with Gasteiger partial charge in [-0.2, -0.15) is 0 Å². The van der Waals surface area contributed by atoms with Gasteiger partial charge in [0.15, 0.2) is 5.82 Å². The summed E-state index contributed by atoms with van der Waals surface area (Å²) in [6, 6.07) is 8.91. The number of aromatic amines is 1. The topological polar surface area (TPSA) is 96.7 Å². The molecule has 0 atom stereocenters. The van der Waals surface area contributed by atoms with E-state index in [0.717, 1.165) is 16.5 Å². The number of anilines is 1. The number of aromatic nitrogens is 4. The Hall–Kier alpha value is -3.19. The van der Waals surface area contributed by atoms with Crippen molar-refractivity contribution in [1.82, 2.24) is 20.2 Å². The molecule has 4 aromatic rings. The Morgan fingerprint density at radius 1 is 1.20 bits per heavy atom. The van der Waals surface area contributed by atoms with E-state index in [1.165, 1.54) is 0 Å². The maximum absolute atomic E-state index is 12.3. The van der Waals surface area contributed by atoms with Gasteiger partial charge >= 0.3 is 0 Å². The standard InChI is InChI=1S/C17H12ClN5O2/c18-12-1-2-13-11(9-25-14(13)8-12)7-15(24)20-17-21-16(22-23-17)10-3-5-19-6-4-10/h1-6,8-9H,7H2,(H2,20,21,22,23,24). The van der Waals surface area contributed by atoms with Gasteiger partial charge in [0.2, 0.25) is 11.9 Å². The molecule has 0 aliphatic rings. The van der Waals surface area contributed by atoms with E-state index in [1.54, 1.807) is 42.9 Å². The highest BCUT2D eigenvalue weighted by molar-refractivity contribution is 6.31. The number of pyridine rings is 1. The molecule has 0 spiro atoms. The third kappa shape index (κ3) is 3.22. The minimum Gasteiger partial charge on any atom is -0.464 e. The van der Waals surface area contributed by atoms with Crippen LogP contribution in [0.25, 0.3) is 22.4 Å². The van der Waals surface area contributed by atoms with Crippen LogP contribution in [0.1, 0.15) is 5.56 Å². The first-order chi connectivity index (χ1) is 12.2. The van der Waals surface area contributed by atoms with Crippen LogP contribution in [-0.2, 0) is 11.2 Å². The number of H-pyrrole nitrogens is 1. The van der Waals surface area contributed by atoms with Crippen LogP contribution in [0.3, 0.4) is 0 Å². The van der Waals surface area contributed by atoms with Crippen molar-refractivity contribution in [2.45, 2.75) is 6.42 Å². The van der Waals surface area contributed by atoms with Crippen molar-refractivity contribution in [3.05, 3.63) is 59.6 Å². The van der Waals surface area contributed by atoms with Gasteiger partial charge in [-0.05, 0) is 30.3 Å². The molecular weight excluding hydrogens is 342 g/mol. The maximum atomic E-state index is 12.3. The molecule has 4 rings (SSSR count). The molecule has 1 aromatic carbocycles. The third-order valence-corrected chi connectivity index (χ3v) is 3.90. The molecule has 8 heteroatoms. The summed E-state index contributed by atoms with van der Waals surface area (Å²) in [6.07, 6.45) is 5.03. The molecule has 3 aromatic heterocycles. The van der Waals surface area contributed by atoms with Gasteiger partial charge in [0.05, 0.1) is 12.7 Å². The Balaban J connectivity index is 1.48. The monoisotopic (exact) mass is 353 g/mol. The van der Waals surface area contributed by atoms with Crippen LogP contribution in [0.4, 0.5) is 5.95 Å². The summed E-state index contributed by atoms with van der Waals surface area (Å²) >= 11 is 5.93. The van der Waals surface area contributed by atoms with Crippen LogP contribution < -0.4 is 5.32 Å². The Bertz CT molecular complexity index is 1040. The number of furan rings is 1. The molecule has 0 saturated heterocycles. The molecule has 0 aliphatic heterocycles. The smallest absolute Gasteiger partial charge is 0.231 e. The van der Waals surface area contributed by atoms with Crippen molar-refractivity contribution >= 4 is 34.4 Å². The van der Waals surface area contributed by atoms with Crippen LogP contribution in [0, 0.1) is 0 Å². The first-order valence-corrected chi connectivity index (χ1v) is 7.85. The van der Waals surface area contributed by atoms with Crippen molar-refractivity contribution in [3.63, 3.8) is 0 Å². The van der Waals surface area contributed by atoms with Crippen LogP contribution in [0.5, 0.6) is 0 Å². The number of amides is 1. The van der Waals surface area contributed by atoms with Crippen molar-refractivity contribution in [2.75, 3.05) is 5.32 Å². The predicted molar refractivity (Wildman–Crippen MR) is 93.2 cm³/mol. The van der Waals surface area contributed by atoms with Gasteiger partial charge in [0.25, 0.3) is 0 Å². The van der Waals surface area contributed by atoms with Gasteiger partial charge in [0.1, 0.15) is 5.58 Å². The minimum absolute atomic E-state index is 0.153. The third-order valence-electron chi connectivity index (χ3n) is 3.67. The average Bonchev–Trinajstić information content (AvgIpc) is 3.23. The summed E-state index contributed by atoms with van der Waals surface area (Å²) < 4.78 is 5.44. The molecule has 2 N–H and O–H groups in total. The van der Waals surface area contributed by atoms with E-state index in [2.05, 4.69) is 25.5 Å². The summed E-state index contributed by atoms with van der Waals surface area (Å²) in [5.41, 5.74) is 2.26. The van der Waals surface area contributed by atoms with Crippen LogP contribution >= 0.6 is 11.6 Å². The number of halogens is 1. The summed E-state index contributed by atoms with van der Waals surface area (Å²) in [7, 11) is 0. The zero-order chi connectivity index (χ0) is 17.2. The van der Waals surface area contributed by atoms with Gasteiger partial charge in [-0.15, -0.1) is 10.2 Å². The average molecular weight is 354 g/mol. The van der Waals surface area contributed by atoms with Gasteiger partial charge in [-0.1, -0.05) is 11.6 Å². The first kappa shape index (κ1) is 15.3. The number of hydrogen-bond donors (Lipinski definition) is 2. The second-order valence-electron chi connectivity index (χ2n) is 5.38. The number of fused-ring (bicyclic) bond motifs is 1. The molecule has 7 nitrogen and oxygen atoms in total. The number of benzene rings is 1. The van der Waals surface area contributed by atoms with Crippen molar-refractivity contribution in [3.8, 4) is 11.4 Å². The Kier molecular flexibility index (Phi) is 3.91. The lowest BCUT2D eigenvalue weighted by atomic mass is 10.1. The summed E-state index contributed by atoms with van der Waals surface area (Å²) in [5.74, 6) is 0.615. The van der Waals surface area contributed by atoms with Crippen molar-refractivity contribution in [2.24, 2.45) is 0 Å². The number of nitrogens with one attached hydrogen (secondary N) is 2. The summed E-state index contributed by atoms with van der Waals surface area (Å²) in [4.78, 5) is 19.2. The molecule has 3 heterocycles. The Labute approximate surface area is 147 Å². The Morgan fingerprint density at radius 2 is 2.04 bits per heavy atom. The fourth-order valence-corrected chi connectivity index (χ4v) is 2.66. The maximum Gasteiger partial charge on any atom is 0.231 e. The van der Waals surface area contributed by atoms with E-state index in [1.807, 2.05) is 6.07 Å². The van der Waals surface area contributed by atoms with Gasteiger partial charge in [-0.25, -0.2) is 0 Å². The SMILES string of the molecule is O=C(Cc1coc2cc(Cl)ccc12)Nc1nnc(-c2ccncc2)[nH]1. The van der Waals surface area contributed by atoms with Gasteiger partial charge in [0, 0.05) is 33.9 Å². The van der Waals surface area contributed by atoms with Crippen molar-refractivity contribution in [1.29, 1.82) is 0 Å². The molecule has 25 heavy (non-hydrogen) atoms. The van der Waals surface area contributed by atoms with Crippen molar-refractivity contribution < 1.29 is 9.21 Å². The summed E-state index contributed by atoms with van der Waals surface area (Å²) in [6.45, 7) is 0. The highest BCUT2D eigenvalue weighted by atomic mass is 35.5. The van der Waals surface area contributed by atoms with Crippen LogP contribution in [0.15, 0.2) is 53.4 Å². The number of rotatable bonds is 4. The highest BCUT2D eigenvalue weighted by Gasteiger charge is 2.13. The van der Waals surface area contributed by atoms with E-state index in [0.29, 0.717) is 16.4 Å². The number of carbonyl (C=O) groups excluding carboxylic acids is 1. The van der Waals surface area contributed by atoms with Crippen LogP contribution in [-0.4, -0.2) is 26.1 Å². The molecular formula is C17H12ClN5O2. The second kappa shape index (κ2) is 6.37. The molecule has 0 unspecified atom stereocenters. The molecule has 0 radical (unpaired) electrons. The largest absolute Gasteiger partial charge is 0.464 e. The molecule has 0 bridgehead atoms. The molecule has 1 amide bonds. The van der Waals surface area contributed by atoms with Crippen LogP contribution in [0.2, 0.25) is 5.02 Å². The Morgan fingerprint density at radius 3 is 2.88 bits per heavy atom. The highest BCUT2D eigenvalue weighted by Crippen LogP contribution is 2.25.